The molecule has 4 N–H and O–H groups in total. The summed E-state index contributed by atoms with van der Waals surface area (Å²) >= 11 is 0. The van der Waals surface area contributed by atoms with Crippen molar-refractivity contribution in [1.82, 2.24) is 5.01 Å². The standard InChI is InChI=1S/C9H17N3O.ClH/c1-7-9(10)13-11-12(7)8-5-3-2-4-6-8;/h8,11H,2-6,10H2,1H3;1H. The maximum Gasteiger partial charge on any atom is 0.280 e. The second-order valence-electron chi connectivity index (χ2n) is 3.87. The third kappa shape index (κ3) is 2.07. The van der Waals surface area contributed by atoms with Gasteiger partial charge in [-0.15, -0.1) is 0 Å². The molecule has 0 aromatic rings. The van der Waals surface area contributed by atoms with Crippen LogP contribution in [0.25, 0.3) is 0 Å². The van der Waals surface area contributed by atoms with Crippen molar-refractivity contribution in [2.24, 2.45) is 5.73 Å². The summed E-state index contributed by atoms with van der Waals surface area (Å²) in [5, 5.41) is 2.19. The number of allylic oxidation sites excluding steroid dienone is 1. The normalized spacial score (nSPS) is 23.4. The van der Waals surface area contributed by atoms with Crippen LogP contribution in [0.5, 0.6) is 0 Å². The van der Waals surface area contributed by atoms with E-state index in [1.54, 1.807) is 5.59 Å². The van der Waals surface area contributed by atoms with Crippen molar-refractivity contribution in [1.29, 1.82) is 0 Å². The van der Waals surface area contributed by atoms with E-state index in [4.69, 9.17) is 10.6 Å². The molecule has 0 bridgehead atoms. The Bertz CT molecular complexity index is 226. The third-order valence-corrected chi connectivity index (χ3v) is 3.01. The quantitative estimate of drug-likeness (QED) is 0.469. The lowest BCUT2D eigenvalue weighted by Crippen LogP contribution is -3.00. The zero-order valence-corrected chi connectivity index (χ0v) is 9.26. The first-order valence-electron chi connectivity index (χ1n) is 5.04. The summed E-state index contributed by atoms with van der Waals surface area (Å²) in [6.45, 7) is 2.02. The van der Waals surface area contributed by atoms with Crippen LogP contribution in [0.15, 0.2) is 11.6 Å². The van der Waals surface area contributed by atoms with E-state index in [0.29, 0.717) is 11.9 Å². The highest BCUT2D eigenvalue weighted by molar-refractivity contribution is 5.01. The molecule has 0 unspecified atom stereocenters. The number of hydrogen-bond acceptors (Lipinski definition) is 3. The van der Waals surface area contributed by atoms with Crippen molar-refractivity contribution < 1.29 is 22.8 Å². The Morgan fingerprint density at radius 1 is 1.36 bits per heavy atom. The molecule has 0 amide bonds. The van der Waals surface area contributed by atoms with Gasteiger partial charge in [-0.1, -0.05) is 24.9 Å². The number of nitrogens with two attached hydrogens (primary N) is 2. The van der Waals surface area contributed by atoms with Crippen molar-refractivity contribution >= 4 is 0 Å². The lowest BCUT2D eigenvalue weighted by Gasteiger charge is -2.27. The molecule has 0 aromatic carbocycles. The summed E-state index contributed by atoms with van der Waals surface area (Å²) in [5.74, 6) is 0.561. The first-order chi connectivity index (χ1) is 6.29. The summed E-state index contributed by atoms with van der Waals surface area (Å²) in [6, 6.07) is 0.620. The Morgan fingerprint density at radius 2 is 2.00 bits per heavy atom. The molecule has 1 saturated carbocycles. The molecule has 1 aliphatic carbocycles. The van der Waals surface area contributed by atoms with Crippen molar-refractivity contribution in [2.75, 3.05) is 0 Å². The predicted octanol–water partition coefficient (Wildman–Crippen LogP) is -2.80. The Hall–Kier alpha value is -0.610. The van der Waals surface area contributed by atoms with E-state index in [2.05, 4.69) is 5.01 Å². The molecule has 14 heavy (non-hydrogen) atoms. The van der Waals surface area contributed by atoms with Gasteiger partial charge in [0.1, 0.15) is 5.70 Å². The minimum atomic E-state index is 0. The van der Waals surface area contributed by atoms with Gasteiger partial charge in [0.15, 0.2) is 0 Å². The van der Waals surface area contributed by atoms with Crippen molar-refractivity contribution in [2.45, 2.75) is 45.1 Å². The van der Waals surface area contributed by atoms with Crippen molar-refractivity contribution in [3.05, 3.63) is 11.6 Å². The van der Waals surface area contributed by atoms with Gasteiger partial charge in [0.05, 0.1) is 6.04 Å². The van der Waals surface area contributed by atoms with Crippen molar-refractivity contribution in [3.8, 4) is 0 Å². The van der Waals surface area contributed by atoms with Crippen LogP contribution in [0, 0.1) is 0 Å². The van der Waals surface area contributed by atoms with E-state index in [1.165, 1.54) is 32.1 Å². The van der Waals surface area contributed by atoms with Gasteiger partial charge in [-0.05, 0) is 19.8 Å². The molecule has 1 heterocycles. The van der Waals surface area contributed by atoms with Crippen LogP contribution >= 0.6 is 0 Å². The molecular weight excluding hydrogens is 202 g/mol. The molecule has 1 aliphatic heterocycles. The molecule has 2 rings (SSSR count). The van der Waals surface area contributed by atoms with Gasteiger partial charge in [-0.3, -0.25) is 4.84 Å². The summed E-state index contributed by atoms with van der Waals surface area (Å²) in [5.41, 5.74) is 8.50. The van der Waals surface area contributed by atoms with E-state index in [1.807, 2.05) is 6.92 Å². The van der Waals surface area contributed by atoms with E-state index in [-0.39, 0.29) is 12.4 Å². The fourth-order valence-corrected chi connectivity index (χ4v) is 2.12. The predicted molar refractivity (Wildman–Crippen MR) is 48.6 cm³/mol. The van der Waals surface area contributed by atoms with Gasteiger partial charge in [-0.2, -0.15) is 5.01 Å². The lowest BCUT2D eigenvalue weighted by molar-refractivity contribution is -0.976. The number of quaternary nitrogens is 1. The average Bonchev–Trinajstić information content (AvgIpc) is 2.49. The highest BCUT2D eigenvalue weighted by Crippen LogP contribution is 2.23. The summed E-state index contributed by atoms with van der Waals surface area (Å²) in [4.78, 5) is 5.19. The van der Waals surface area contributed by atoms with Crippen LogP contribution in [-0.2, 0) is 4.84 Å². The van der Waals surface area contributed by atoms with Crippen LogP contribution < -0.4 is 23.7 Å². The van der Waals surface area contributed by atoms with E-state index >= 15 is 0 Å². The summed E-state index contributed by atoms with van der Waals surface area (Å²) in [7, 11) is 0. The highest BCUT2D eigenvalue weighted by Gasteiger charge is 2.31. The van der Waals surface area contributed by atoms with Crippen LogP contribution in [0.2, 0.25) is 0 Å². The third-order valence-electron chi connectivity index (χ3n) is 3.01. The molecule has 82 valence electrons. The second kappa shape index (κ2) is 4.75. The largest absolute Gasteiger partial charge is 1.00 e. The van der Waals surface area contributed by atoms with Gasteiger partial charge in [-0.25, -0.2) is 0 Å². The van der Waals surface area contributed by atoms with E-state index in [9.17, 15) is 0 Å². The number of hydrogen-bond donors (Lipinski definition) is 2. The number of nitrogens with zero attached hydrogens (tertiary/aromatic N) is 1. The minimum Gasteiger partial charge on any atom is -1.00 e. The van der Waals surface area contributed by atoms with Crippen LogP contribution in [-0.4, -0.2) is 11.1 Å². The SMILES string of the molecule is CC1=C(N)O[NH2+]N1C1CCCCC1.[Cl-]. The summed E-state index contributed by atoms with van der Waals surface area (Å²) < 4.78 is 0. The van der Waals surface area contributed by atoms with E-state index in [0.717, 1.165) is 5.70 Å². The maximum absolute atomic E-state index is 5.66. The Balaban J connectivity index is 0.000000980. The Labute approximate surface area is 90.8 Å². The fraction of sp³-hybridized carbons (Fsp3) is 0.778. The topological polar surface area (TPSA) is 55.1 Å². The number of rotatable bonds is 1. The molecule has 2 aliphatic rings. The van der Waals surface area contributed by atoms with E-state index < -0.39 is 0 Å². The Morgan fingerprint density at radius 3 is 2.50 bits per heavy atom. The molecule has 0 saturated heterocycles. The minimum absolute atomic E-state index is 0. The molecule has 4 nitrogen and oxygen atoms in total. The highest BCUT2D eigenvalue weighted by atomic mass is 35.5. The zero-order chi connectivity index (χ0) is 9.26. The first kappa shape index (κ1) is 11.5. The summed E-state index contributed by atoms with van der Waals surface area (Å²) in [6.07, 6.45) is 6.59. The molecule has 5 heteroatoms. The molecule has 0 aromatic heterocycles. The monoisotopic (exact) mass is 219 g/mol. The first-order valence-corrected chi connectivity index (χ1v) is 5.04. The zero-order valence-electron chi connectivity index (χ0n) is 8.50. The van der Waals surface area contributed by atoms with Gasteiger partial charge in [0.2, 0.25) is 0 Å². The smallest absolute Gasteiger partial charge is 0.280 e. The maximum atomic E-state index is 5.66. The van der Waals surface area contributed by atoms with Gasteiger partial charge in [0, 0.05) is 0 Å². The molecule has 1 fully saturated rings. The van der Waals surface area contributed by atoms with Crippen LogP contribution in [0.1, 0.15) is 39.0 Å². The fourth-order valence-electron chi connectivity index (χ4n) is 2.12. The number of halogens is 1. The molecule has 0 spiro atoms. The average molecular weight is 220 g/mol. The van der Waals surface area contributed by atoms with Crippen molar-refractivity contribution in [3.63, 3.8) is 0 Å². The molecular formula is C9H18ClN3O. The van der Waals surface area contributed by atoms with Gasteiger partial charge in [0.25, 0.3) is 5.88 Å². The van der Waals surface area contributed by atoms with Crippen LogP contribution in [0.4, 0.5) is 0 Å². The van der Waals surface area contributed by atoms with Gasteiger partial charge < -0.3 is 18.1 Å². The molecule has 0 radical (unpaired) electrons. The molecule has 0 atom stereocenters. The van der Waals surface area contributed by atoms with Crippen LogP contribution in [0.3, 0.4) is 0 Å². The Kier molecular flexibility index (Phi) is 3.89. The lowest BCUT2D eigenvalue weighted by atomic mass is 9.95. The van der Waals surface area contributed by atoms with Gasteiger partial charge >= 0.3 is 0 Å². The second-order valence-corrected chi connectivity index (χ2v) is 3.87.